The summed E-state index contributed by atoms with van der Waals surface area (Å²) < 4.78 is 11.6. The predicted molar refractivity (Wildman–Crippen MR) is 76.0 cm³/mol. The van der Waals surface area contributed by atoms with E-state index < -0.39 is 48.6 Å². The van der Waals surface area contributed by atoms with Crippen molar-refractivity contribution in [3.05, 3.63) is 23.7 Å². The van der Waals surface area contributed by atoms with Crippen LogP contribution >= 0.6 is 0 Å². The van der Waals surface area contributed by atoms with E-state index in [1.165, 1.54) is 17.9 Å². The number of hydrogen-bond donors (Lipinski definition) is 3. The van der Waals surface area contributed by atoms with Crippen molar-refractivity contribution in [2.24, 2.45) is 5.92 Å². The molecule has 1 aromatic heterocycles. The zero-order valence-corrected chi connectivity index (χ0v) is 16.3. The molecule has 3 N–H and O–H groups in total. The fourth-order valence-corrected chi connectivity index (χ4v) is 2.61. The van der Waals surface area contributed by atoms with Crippen LogP contribution in [0.4, 0.5) is 0 Å². The molecule has 0 saturated heterocycles. The van der Waals surface area contributed by atoms with Gasteiger partial charge in [0.1, 0.15) is 35.7 Å². The number of aliphatic hydroxyl groups is 3. The molecular formula is C14H20N3NaO7. The molecule has 1 aliphatic rings. The summed E-state index contributed by atoms with van der Waals surface area (Å²) in [4.78, 5) is 11.2. The van der Waals surface area contributed by atoms with Crippen molar-refractivity contribution >= 4 is 5.97 Å². The number of allylic oxidation sites excluding steroid dienone is 1. The van der Waals surface area contributed by atoms with E-state index >= 15 is 0 Å². The first-order chi connectivity index (χ1) is 11.4. The average molecular weight is 365 g/mol. The van der Waals surface area contributed by atoms with Crippen LogP contribution in [0, 0.1) is 5.92 Å². The summed E-state index contributed by atoms with van der Waals surface area (Å²) in [6.45, 7) is 1.25. The molecule has 0 fully saturated rings. The second-order valence-corrected chi connectivity index (χ2v) is 5.61. The minimum absolute atomic E-state index is 0. The molecule has 10 nitrogen and oxygen atoms in total. The smallest absolute Gasteiger partial charge is 0.542 e. The maximum atomic E-state index is 11.2. The molecule has 0 saturated carbocycles. The van der Waals surface area contributed by atoms with E-state index in [1.807, 2.05) is 0 Å². The molecule has 2 heterocycles. The summed E-state index contributed by atoms with van der Waals surface area (Å²) >= 11 is 0. The topological polar surface area (TPSA) is 150 Å². The first-order valence-corrected chi connectivity index (χ1v) is 7.35. The van der Waals surface area contributed by atoms with Crippen LogP contribution in [0.1, 0.15) is 18.7 Å². The Morgan fingerprint density at radius 3 is 2.76 bits per heavy atom. The number of carbonyl (C=O) groups excluding carboxylic acids is 1. The molecule has 2 rings (SSSR count). The number of carboxylic acid groups (broad SMARTS) is 1. The van der Waals surface area contributed by atoms with Crippen LogP contribution in [0.5, 0.6) is 0 Å². The van der Waals surface area contributed by atoms with E-state index in [0.717, 1.165) is 0 Å². The predicted octanol–water partition coefficient (Wildman–Crippen LogP) is -5.65. The first kappa shape index (κ1) is 22.0. The Hall–Kier alpha value is -1.01. The van der Waals surface area contributed by atoms with Crippen LogP contribution in [0.25, 0.3) is 0 Å². The molecule has 11 heteroatoms. The zero-order chi connectivity index (χ0) is 17.9. The Bertz CT molecular complexity index is 609. The average Bonchev–Trinajstić information content (AvgIpc) is 3.02. The number of aliphatic carboxylic acids is 1. The molecule has 0 aliphatic carbocycles. The van der Waals surface area contributed by atoms with Gasteiger partial charge in [0.15, 0.2) is 0 Å². The first-order valence-electron chi connectivity index (χ1n) is 7.35. The van der Waals surface area contributed by atoms with Gasteiger partial charge in [0, 0.05) is 13.0 Å². The van der Waals surface area contributed by atoms with E-state index in [2.05, 4.69) is 10.3 Å². The van der Waals surface area contributed by atoms with Crippen molar-refractivity contribution in [2.45, 2.75) is 37.9 Å². The van der Waals surface area contributed by atoms with Gasteiger partial charge in [-0.25, -0.2) is 4.68 Å². The van der Waals surface area contributed by atoms with Gasteiger partial charge in [0.25, 0.3) is 0 Å². The number of hydrogen-bond acceptors (Lipinski definition) is 9. The summed E-state index contributed by atoms with van der Waals surface area (Å²) in [6.07, 6.45) is -1.15. The van der Waals surface area contributed by atoms with Gasteiger partial charge in [0.05, 0.1) is 25.5 Å². The van der Waals surface area contributed by atoms with Crippen molar-refractivity contribution in [3.8, 4) is 0 Å². The van der Waals surface area contributed by atoms with E-state index in [9.17, 15) is 20.1 Å². The molecule has 0 aromatic carbocycles. The zero-order valence-electron chi connectivity index (χ0n) is 14.3. The molecule has 0 radical (unpaired) electrons. The summed E-state index contributed by atoms with van der Waals surface area (Å²) in [5.74, 6) is -2.50. The largest absolute Gasteiger partial charge is 1.00 e. The SMILES string of the molecule is COCc1cn([C@H]2C=C(C(=O)[O-])O[C@@H]([C@H](O)C(O)CO)[C@@H]2C)nn1.[Na+]. The molecule has 0 spiro atoms. The van der Waals surface area contributed by atoms with Gasteiger partial charge in [0.2, 0.25) is 0 Å². The Labute approximate surface area is 166 Å². The van der Waals surface area contributed by atoms with E-state index in [-0.39, 0.29) is 36.2 Å². The number of aliphatic hydroxyl groups excluding tert-OH is 3. The minimum Gasteiger partial charge on any atom is -0.542 e. The van der Waals surface area contributed by atoms with E-state index in [4.69, 9.17) is 14.6 Å². The van der Waals surface area contributed by atoms with Gasteiger partial charge in [-0.3, -0.25) is 0 Å². The quantitative estimate of drug-likeness (QED) is 0.402. The maximum absolute atomic E-state index is 11.2. The Kier molecular flexibility index (Phi) is 8.48. The van der Waals surface area contributed by atoms with Crippen LogP contribution in [-0.4, -0.2) is 68.3 Å². The van der Waals surface area contributed by atoms with Crippen molar-refractivity contribution in [2.75, 3.05) is 13.7 Å². The number of ether oxygens (including phenoxy) is 2. The van der Waals surface area contributed by atoms with E-state index in [1.54, 1.807) is 13.1 Å². The summed E-state index contributed by atoms with van der Waals surface area (Å²) in [5.41, 5.74) is 0.548. The number of carbonyl (C=O) groups is 1. The summed E-state index contributed by atoms with van der Waals surface area (Å²) in [5, 5.41) is 47.8. The van der Waals surface area contributed by atoms with Crippen LogP contribution < -0.4 is 34.7 Å². The number of nitrogens with zero attached hydrogens (tertiary/aromatic N) is 3. The van der Waals surface area contributed by atoms with Gasteiger partial charge in [-0.2, -0.15) is 0 Å². The van der Waals surface area contributed by atoms with Gasteiger partial charge >= 0.3 is 29.6 Å². The van der Waals surface area contributed by atoms with Crippen LogP contribution in [0.2, 0.25) is 0 Å². The van der Waals surface area contributed by atoms with Crippen molar-refractivity contribution in [1.29, 1.82) is 0 Å². The third kappa shape index (κ3) is 5.00. The van der Waals surface area contributed by atoms with Gasteiger partial charge < -0.3 is 34.7 Å². The van der Waals surface area contributed by atoms with Crippen LogP contribution in [-0.2, 0) is 20.9 Å². The maximum Gasteiger partial charge on any atom is 1.00 e. The van der Waals surface area contributed by atoms with Crippen molar-refractivity contribution in [3.63, 3.8) is 0 Å². The fraction of sp³-hybridized carbons (Fsp3) is 0.643. The standard InChI is InChI=1S/C14H21N3O7.Na/c1-7-9(17-4-8(6-23-2)15-16-17)3-11(14(21)22)24-13(7)12(20)10(19)5-18;/h3-4,7,9-10,12-13,18-20H,5-6H2,1-2H3,(H,21,22);/q;+1/p-1/t7-,9+,10?,12-,13-;/m1./s1. The minimum atomic E-state index is -1.56. The second-order valence-electron chi connectivity index (χ2n) is 5.61. The second kappa shape index (κ2) is 9.62. The number of methoxy groups -OCH3 is 1. The molecule has 5 atom stereocenters. The third-order valence-corrected chi connectivity index (χ3v) is 3.92. The Morgan fingerprint density at radius 1 is 1.52 bits per heavy atom. The molecule has 1 aliphatic heterocycles. The summed E-state index contributed by atoms with van der Waals surface area (Å²) in [7, 11) is 1.51. The Morgan fingerprint density at radius 2 is 2.20 bits per heavy atom. The fourth-order valence-electron chi connectivity index (χ4n) is 2.61. The monoisotopic (exact) mass is 365 g/mol. The molecular weight excluding hydrogens is 345 g/mol. The van der Waals surface area contributed by atoms with Crippen LogP contribution in [0.3, 0.4) is 0 Å². The van der Waals surface area contributed by atoms with Crippen molar-refractivity contribution in [1.82, 2.24) is 15.0 Å². The third-order valence-electron chi connectivity index (χ3n) is 3.92. The molecule has 134 valence electrons. The van der Waals surface area contributed by atoms with Crippen LogP contribution in [0.15, 0.2) is 18.0 Å². The molecule has 1 unspecified atom stereocenters. The van der Waals surface area contributed by atoms with Gasteiger partial charge in [-0.15, -0.1) is 5.10 Å². The molecule has 25 heavy (non-hydrogen) atoms. The molecule has 1 aromatic rings. The number of carboxylic acids is 1. The molecule has 0 amide bonds. The van der Waals surface area contributed by atoms with Gasteiger partial charge in [-0.1, -0.05) is 12.1 Å². The van der Waals surface area contributed by atoms with Crippen molar-refractivity contribution < 1.29 is 64.3 Å². The number of rotatable bonds is 7. The Balaban J connectivity index is 0.00000312. The van der Waals surface area contributed by atoms with Gasteiger partial charge in [-0.05, 0) is 6.08 Å². The number of aromatic nitrogens is 3. The molecule has 0 bridgehead atoms. The van der Waals surface area contributed by atoms with E-state index in [0.29, 0.717) is 5.69 Å². The normalized spacial score (nSPS) is 25.3. The summed E-state index contributed by atoms with van der Waals surface area (Å²) in [6, 6.07) is -0.602.